The van der Waals surface area contributed by atoms with Gasteiger partial charge in [0.05, 0.1) is 36.5 Å². The van der Waals surface area contributed by atoms with Gasteiger partial charge in [0.15, 0.2) is 23.2 Å². The molecule has 40 heavy (non-hydrogen) atoms. The first-order valence-electron chi connectivity index (χ1n) is 13.5. The van der Waals surface area contributed by atoms with Gasteiger partial charge < -0.3 is 25.1 Å². The number of rotatable bonds is 6. The monoisotopic (exact) mass is 536 g/mol. The van der Waals surface area contributed by atoms with E-state index >= 15 is 0 Å². The number of methoxy groups -OCH3 is 1. The number of H-pyrrole nitrogens is 1. The number of nitrogens with one attached hydrogen (secondary N) is 1. The van der Waals surface area contributed by atoms with Gasteiger partial charge in [-0.3, -0.25) is 9.79 Å². The normalized spacial score (nSPS) is 19.1. The van der Waals surface area contributed by atoms with Gasteiger partial charge in [0.25, 0.3) is 5.91 Å². The van der Waals surface area contributed by atoms with Crippen LogP contribution in [-0.2, 0) is 0 Å². The van der Waals surface area contributed by atoms with Crippen LogP contribution in [0.1, 0.15) is 52.1 Å². The van der Waals surface area contributed by atoms with Crippen molar-refractivity contribution in [1.82, 2.24) is 14.9 Å². The van der Waals surface area contributed by atoms with Crippen LogP contribution in [0.3, 0.4) is 0 Å². The van der Waals surface area contributed by atoms with E-state index in [9.17, 15) is 4.79 Å². The summed E-state index contributed by atoms with van der Waals surface area (Å²) < 4.78 is 11.6. The SMILES string of the molecule is CCOc1cc2c(cc1OC)C(c1ccc(C(=O)N=C(N)c3nc4ccccc4[nH]3)cc1)=NC1CCN(C)CC21. The smallest absolute Gasteiger partial charge is 0.279 e. The number of nitrogens with two attached hydrogens (primary N) is 1. The molecule has 1 aromatic heterocycles. The van der Waals surface area contributed by atoms with E-state index < -0.39 is 5.91 Å². The molecule has 1 fully saturated rings. The van der Waals surface area contributed by atoms with Crippen molar-refractivity contribution in [2.45, 2.75) is 25.3 Å². The number of para-hydroxylation sites is 2. The van der Waals surface area contributed by atoms with Gasteiger partial charge in [-0.15, -0.1) is 0 Å². The van der Waals surface area contributed by atoms with Crippen molar-refractivity contribution in [2.75, 3.05) is 33.9 Å². The molecule has 3 N–H and O–H groups in total. The number of carbonyl (C=O) groups excluding carboxylic acids is 1. The minimum Gasteiger partial charge on any atom is -0.493 e. The Morgan fingerprint density at radius 2 is 1.95 bits per heavy atom. The van der Waals surface area contributed by atoms with E-state index in [1.54, 1.807) is 19.2 Å². The predicted molar refractivity (Wildman–Crippen MR) is 156 cm³/mol. The van der Waals surface area contributed by atoms with E-state index in [-0.39, 0.29) is 17.8 Å². The summed E-state index contributed by atoms with van der Waals surface area (Å²) in [5, 5.41) is 0. The summed E-state index contributed by atoms with van der Waals surface area (Å²) >= 11 is 0. The highest BCUT2D eigenvalue weighted by molar-refractivity contribution is 6.15. The Kier molecular flexibility index (Phi) is 6.81. The molecule has 4 aromatic rings. The van der Waals surface area contributed by atoms with Gasteiger partial charge in [-0.1, -0.05) is 24.3 Å². The predicted octanol–water partition coefficient (Wildman–Crippen LogP) is 4.15. The average Bonchev–Trinajstić information content (AvgIpc) is 3.41. The fourth-order valence-electron chi connectivity index (χ4n) is 5.62. The minimum absolute atomic E-state index is 0.0429. The molecule has 204 valence electrons. The van der Waals surface area contributed by atoms with Gasteiger partial charge in [0.2, 0.25) is 0 Å². The van der Waals surface area contributed by atoms with Crippen molar-refractivity contribution in [3.05, 3.63) is 88.7 Å². The van der Waals surface area contributed by atoms with Crippen LogP contribution in [-0.4, -0.2) is 72.2 Å². The van der Waals surface area contributed by atoms with E-state index in [1.807, 2.05) is 49.4 Å². The van der Waals surface area contributed by atoms with Gasteiger partial charge in [-0.05, 0) is 68.9 Å². The summed E-state index contributed by atoms with van der Waals surface area (Å²) in [6.07, 6.45) is 0.979. The fourth-order valence-corrected chi connectivity index (χ4v) is 5.62. The second-order valence-electron chi connectivity index (χ2n) is 10.2. The number of amidine groups is 1. The van der Waals surface area contributed by atoms with Crippen molar-refractivity contribution in [2.24, 2.45) is 15.7 Å². The first kappa shape index (κ1) is 25.8. The molecule has 2 aliphatic heterocycles. The summed E-state index contributed by atoms with van der Waals surface area (Å²) in [6, 6.07) is 19.3. The number of aromatic nitrogens is 2. The highest BCUT2D eigenvalue weighted by Crippen LogP contribution is 2.42. The lowest BCUT2D eigenvalue weighted by molar-refractivity contribution is 0.100. The molecule has 1 saturated heterocycles. The third-order valence-electron chi connectivity index (χ3n) is 7.62. The van der Waals surface area contributed by atoms with Crippen LogP contribution >= 0.6 is 0 Å². The van der Waals surface area contributed by atoms with Crippen molar-refractivity contribution >= 4 is 28.5 Å². The Balaban J connectivity index is 1.32. The van der Waals surface area contributed by atoms with E-state index in [2.05, 4.69) is 33.0 Å². The number of hydrogen-bond donors (Lipinski definition) is 2. The standard InChI is InChI=1S/C31H32N6O3/c1-4-40-27-15-20-21(16-26(27)39-3)28(33-23-13-14-37(2)17-22(20)23)18-9-11-19(12-10-18)31(38)36-29(32)30-34-24-7-5-6-8-25(24)35-30/h5-12,15-16,22-23H,4,13-14,17H2,1-3H3,(H,34,35)(H2,32,36,38). The van der Waals surface area contributed by atoms with Gasteiger partial charge in [0.1, 0.15) is 0 Å². The molecule has 0 aliphatic carbocycles. The van der Waals surface area contributed by atoms with Gasteiger partial charge in [0, 0.05) is 29.2 Å². The Bertz CT molecular complexity index is 1610. The fraction of sp³-hybridized carbons (Fsp3) is 0.290. The number of imidazole rings is 1. The maximum Gasteiger partial charge on any atom is 0.279 e. The Hall–Kier alpha value is -4.50. The van der Waals surface area contributed by atoms with Gasteiger partial charge in [-0.25, -0.2) is 4.98 Å². The summed E-state index contributed by atoms with van der Waals surface area (Å²) in [6.45, 7) is 4.47. The van der Waals surface area contributed by atoms with Crippen LogP contribution in [0.15, 0.2) is 70.6 Å². The number of likely N-dealkylation sites (tertiary alicyclic amines) is 1. The number of nitrogens with zero attached hydrogens (tertiary/aromatic N) is 4. The molecule has 0 bridgehead atoms. The van der Waals surface area contributed by atoms with Crippen LogP contribution < -0.4 is 15.2 Å². The number of fused-ring (bicyclic) bond motifs is 4. The second kappa shape index (κ2) is 10.6. The third-order valence-corrected chi connectivity index (χ3v) is 7.62. The highest BCUT2D eigenvalue weighted by Gasteiger charge is 2.36. The van der Waals surface area contributed by atoms with Crippen LogP contribution in [0.5, 0.6) is 11.5 Å². The topological polar surface area (TPSA) is 118 Å². The molecule has 9 heteroatoms. The third kappa shape index (κ3) is 4.73. The molecule has 6 rings (SSSR count). The molecule has 0 spiro atoms. The maximum atomic E-state index is 13.0. The lowest BCUT2D eigenvalue weighted by atomic mass is 9.79. The number of piperidine rings is 1. The molecule has 0 radical (unpaired) electrons. The summed E-state index contributed by atoms with van der Waals surface area (Å²) in [5.41, 5.74) is 12.2. The molecular formula is C31H32N6O3. The number of carbonyl (C=O) groups is 1. The maximum absolute atomic E-state index is 13.0. The summed E-state index contributed by atoms with van der Waals surface area (Å²) in [4.78, 5) is 32.2. The minimum atomic E-state index is -0.436. The van der Waals surface area contributed by atoms with E-state index in [0.717, 1.165) is 53.1 Å². The zero-order valence-corrected chi connectivity index (χ0v) is 22.8. The average molecular weight is 537 g/mol. The molecule has 9 nitrogen and oxygen atoms in total. The Morgan fingerprint density at radius 1 is 1.15 bits per heavy atom. The quantitative estimate of drug-likeness (QED) is 0.282. The number of aliphatic imine (C=N–C) groups is 2. The number of likely N-dealkylation sites (N-methyl/N-ethyl adjacent to an activating group) is 1. The Labute approximate surface area is 232 Å². The number of benzene rings is 3. The van der Waals surface area contributed by atoms with Crippen molar-refractivity contribution < 1.29 is 14.3 Å². The molecule has 2 aliphatic rings. The van der Waals surface area contributed by atoms with Crippen molar-refractivity contribution in [3.63, 3.8) is 0 Å². The van der Waals surface area contributed by atoms with Crippen LogP contribution in [0.4, 0.5) is 0 Å². The molecule has 1 amide bonds. The van der Waals surface area contributed by atoms with E-state index in [4.69, 9.17) is 20.2 Å². The van der Waals surface area contributed by atoms with E-state index in [0.29, 0.717) is 23.7 Å². The molecule has 2 atom stereocenters. The molecule has 3 heterocycles. The summed E-state index contributed by atoms with van der Waals surface area (Å²) in [5.74, 6) is 1.68. The molecular weight excluding hydrogens is 504 g/mol. The van der Waals surface area contributed by atoms with Gasteiger partial charge >= 0.3 is 0 Å². The largest absolute Gasteiger partial charge is 0.493 e. The lowest BCUT2D eigenvalue weighted by Gasteiger charge is -2.39. The zero-order valence-electron chi connectivity index (χ0n) is 22.8. The summed E-state index contributed by atoms with van der Waals surface area (Å²) in [7, 11) is 3.81. The van der Waals surface area contributed by atoms with Crippen molar-refractivity contribution in [1.29, 1.82) is 0 Å². The van der Waals surface area contributed by atoms with Crippen LogP contribution in [0.25, 0.3) is 11.0 Å². The number of aromatic amines is 1. The van der Waals surface area contributed by atoms with Gasteiger partial charge in [-0.2, -0.15) is 4.99 Å². The number of hydrogen-bond acceptors (Lipinski definition) is 6. The lowest BCUT2D eigenvalue weighted by Crippen LogP contribution is -2.41. The zero-order chi connectivity index (χ0) is 27.8. The molecule has 2 unspecified atom stereocenters. The number of ether oxygens (including phenoxy) is 2. The van der Waals surface area contributed by atoms with Crippen LogP contribution in [0, 0.1) is 0 Å². The molecule has 3 aromatic carbocycles. The highest BCUT2D eigenvalue weighted by atomic mass is 16.5. The van der Waals surface area contributed by atoms with E-state index in [1.165, 1.54) is 5.56 Å². The molecule has 0 saturated carbocycles. The second-order valence-corrected chi connectivity index (χ2v) is 10.2. The van der Waals surface area contributed by atoms with Crippen molar-refractivity contribution in [3.8, 4) is 11.5 Å². The van der Waals surface area contributed by atoms with Crippen LogP contribution in [0.2, 0.25) is 0 Å². The number of amides is 1. The Morgan fingerprint density at radius 3 is 2.70 bits per heavy atom. The first-order chi connectivity index (χ1) is 19.4. The first-order valence-corrected chi connectivity index (χ1v) is 13.5.